The Labute approximate surface area is 198 Å². The van der Waals surface area contributed by atoms with Gasteiger partial charge in [0.25, 0.3) is 5.91 Å². The molecule has 0 saturated carbocycles. The summed E-state index contributed by atoms with van der Waals surface area (Å²) in [7, 11) is 1.86. The SMILES string of the molecule is Cn1cc(-c2ccc3c(c2)OCC[C@@H]2CC[C@H](O)[C@@H](CNC(=O)[C@@H]4C[C@@H](CN4)NC3=O)O2)cn1. The molecule has 0 unspecified atom stereocenters. The number of aromatic nitrogens is 2. The predicted octanol–water partition coefficient (Wildman–Crippen LogP) is 0.355. The fourth-order valence-corrected chi connectivity index (χ4v) is 4.86. The Morgan fingerprint density at radius 3 is 2.85 bits per heavy atom. The molecule has 0 spiro atoms. The van der Waals surface area contributed by atoms with Crippen LogP contribution in [0.4, 0.5) is 0 Å². The van der Waals surface area contributed by atoms with E-state index in [1.54, 1.807) is 16.9 Å². The van der Waals surface area contributed by atoms with Gasteiger partial charge in [-0.1, -0.05) is 6.07 Å². The maximum atomic E-state index is 13.1. The number of hydrogen-bond donors (Lipinski definition) is 4. The number of benzene rings is 1. The first-order valence-electron chi connectivity index (χ1n) is 11.9. The van der Waals surface area contributed by atoms with Gasteiger partial charge in [-0.05, 0) is 37.0 Å². The van der Waals surface area contributed by atoms with Gasteiger partial charge in [0.2, 0.25) is 5.91 Å². The van der Waals surface area contributed by atoms with Crippen molar-refractivity contribution >= 4 is 11.8 Å². The summed E-state index contributed by atoms with van der Waals surface area (Å²) in [5.41, 5.74) is 2.29. The number of carbonyl (C=O) groups excluding carboxylic acids is 2. The van der Waals surface area contributed by atoms with E-state index < -0.39 is 18.2 Å². The van der Waals surface area contributed by atoms with Crippen LogP contribution in [-0.4, -0.2) is 76.8 Å². The third-order valence-corrected chi connectivity index (χ3v) is 6.80. The van der Waals surface area contributed by atoms with Crippen LogP contribution in [0.2, 0.25) is 0 Å². The molecule has 4 N–H and O–H groups in total. The molecule has 0 radical (unpaired) electrons. The normalized spacial score (nSPS) is 30.1. The summed E-state index contributed by atoms with van der Waals surface area (Å²) in [5, 5.41) is 23.7. The van der Waals surface area contributed by atoms with Crippen LogP contribution in [0, 0.1) is 0 Å². The Morgan fingerprint density at radius 2 is 2.03 bits per heavy atom. The van der Waals surface area contributed by atoms with Crippen molar-refractivity contribution < 1.29 is 24.2 Å². The highest BCUT2D eigenvalue weighted by molar-refractivity contribution is 5.98. The topological polar surface area (TPSA) is 127 Å². The van der Waals surface area contributed by atoms with Gasteiger partial charge in [0.1, 0.15) is 11.9 Å². The second-order valence-electron chi connectivity index (χ2n) is 9.30. The van der Waals surface area contributed by atoms with Crippen LogP contribution in [-0.2, 0) is 16.6 Å². The number of fused-ring (bicyclic) bond motifs is 5. The Kier molecular flexibility index (Phi) is 6.53. The van der Waals surface area contributed by atoms with Gasteiger partial charge < -0.3 is 30.5 Å². The number of rotatable bonds is 1. The molecule has 1 aromatic heterocycles. The Balaban J connectivity index is 1.41. The summed E-state index contributed by atoms with van der Waals surface area (Å²) in [6.07, 6.45) is 4.96. The number of aryl methyl sites for hydroxylation is 1. The minimum Gasteiger partial charge on any atom is -0.493 e. The van der Waals surface area contributed by atoms with Crippen molar-refractivity contribution in [3.05, 3.63) is 36.2 Å². The fraction of sp³-hybridized carbons (Fsp3) is 0.542. The number of aliphatic hydroxyl groups excluding tert-OH is 1. The van der Waals surface area contributed by atoms with Gasteiger partial charge in [0.15, 0.2) is 0 Å². The third-order valence-electron chi connectivity index (χ3n) is 6.80. The number of carbonyl (C=O) groups is 2. The van der Waals surface area contributed by atoms with E-state index >= 15 is 0 Å². The molecule has 2 saturated heterocycles. The van der Waals surface area contributed by atoms with E-state index in [0.717, 1.165) is 11.1 Å². The first-order valence-corrected chi connectivity index (χ1v) is 11.9. The number of nitrogens with zero attached hydrogens (tertiary/aromatic N) is 2. The number of nitrogens with one attached hydrogen (secondary N) is 3. The van der Waals surface area contributed by atoms with Crippen LogP contribution in [0.15, 0.2) is 30.6 Å². The molecule has 2 aromatic rings. The van der Waals surface area contributed by atoms with E-state index in [1.807, 2.05) is 25.4 Å². The average molecular weight is 470 g/mol. The van der Waals surface area contributed by atoms with Crippen LogP contribution in [0.25, 0.3) is 11.1 Å². The molecular weight excluding hydrogens is 438 g/mol. The maximum Gasteiger partial charge on any atom is 0.255 e. The highest BCUT2D eigenvalue weighted by Gasteiger charge is 2.34. The van der Waals surface area contributed by atoms with Crippen molar-refractivity contribution in [2.24, 2.45) is 7.05 Å². The molecule has 2 fully saturated rings. The summed E-state index contributed by atoms with van der Waals surface area (Å²) >= 11 is 0. The van der Waals surface area contributed by atoms with Crippen molar-refractivity contribution in [1.82, 2.24) is 25.7 Å². The lowest BCUT2D eigenvalue weighted by atomic mass is 9.99. The molecular formula is C24H31N5O5. The molecule has 2 amide bonds. The summed E-state index contributed by atoms with van der Waals surface area (Å²) < 4.78 is 13.9. The molecule has 3 aliphatic heterocycles. The van der Waals surface area contributed by atoms with Gasteiger partial charge in [-0.2, -0.15) is 5.10 Å². The Hall–Kier alpha value is -2.95. The maximum absolute atomic E-state index is 13.1. The number of aliphatic hydroxyl groups is 1. The molecule has 4 bridgehead atoms. The molecule has 182 valence electrons. The van der Waals surface area contributed by atoms with Crippen LogP contribution < -0.4 is 20.7 Å². The second-order valence-corrected chi connectivity index (χ2v) is 9.30. The molecule has 10 heteroatoms. The lowest BCUT2D eigenvalue weighted by molar-refractivity contribution is -0.131. The molecule has 4 heterocycles. The van der Waals surface area contributed by atoms with Gasteiger partial charge in [-0.15, -0.1) is 0 Å². The minimum absolute atomic E-state index is 0.0917. The molecule has 0 aliphatic carbocycles. The third kappa shape index (κ3) is 4.94. The molecule has 5 rings (SSSR count). The van der Waals surface area contributed by atoms with Crippen molar-refractivity contribution in [2.45, 2.75) is 56.1 Å². The first-order chi connectivity index (χ1) is 16.5. The zero-order valence-corrected chi connectivity index (χ0v) is 19.2. The number of hydrogen-bond acceptors (Lipinski definition) is 7. The molecule has 10 nitrogen and oxygen atoms in total. The van der Waals surface area contributed by atoms with Crippen LogP contribution in [0.3, 0.4) is 0 Å². The lowest BCUT2D eigenvalue weighted by Gasteiger charge is -2.34. The van der Waals surface area contributed by atoms with Gasteiger partial charge in [-0.25, -0.2) is 0 Å². The van der Waals surface area contributed by atoms with Crippen LogP contribution in [0.5, 0.6) is 5.75 Å². The summed E-state index contributed by atoms with van der Waals surface area (Å²) in [5.74, 6) is 0.120. The van der Waals surface area contributed by atoms with Crippen LogP contribution in [0.1, 0.15) is 36.0 Å². The van der Waals surface area contributed by atoms with Gasteiger partial charge in [0, 0.05) is 44.4 Å². The fourth-order valence-electron chi connectivity index (χ4n) is 4.86. The van der Waals surface area contributed by atoms with Gasteiger partial charge >= 0.3 is 0 Å². The second kappa shape index (κ2) is 9.73. The summed E-state index contributed by atoms with van der Waals surface area (Å²) in [6, 6.07) is 4.94. The van der Waals surface area contributed by atoms with Crippen LogP contribution >= 0.6 is 0 Å². The smallest absolute Gasteiger partial charge is 0.255 e. The number of amides is 2. The lowest BCUT2D eigenvalue weighted by Crippen LogP contribution is -2.49. The molecule has 3 aliphatic rings. The van der Waals surface area contributed by atoms with E-state index in [-0.39, 0.29) is 30.5 Å². The van der Waals surface area contributed by atoms with E-state index in [1.165, 1.54) is 0 Å². The Morgan fingerprint density at radius 1 is 1.15 bits per heavy atom. The Bertz CT molecular complexity index is 1060. The standard InChI is InChI=1S/C24H31N5O5/c1-29-13-15(10-27-29)14-2-4-18-21(8-14)33-7-6-17-3-5-20(30)22(34-17)12-26-24(32)19-9-16(11-25-19)28-23(18)31/h2,4,8,10,13,16-17,19-20,22,25,30H,3,5-7,9,11-12H2,1H3,(H,26,32)(H,28,31)/t16-,17-,19-,20-,22+/m0/s1. The molecule has 1 aromatic carbocycles. The van der Waals surface area contributed by atoms with Crippen molar-refractivity contribution in [3.8, 4) is 16.9 Å². The minimum atomic E-state index is -0.609. The average Bonchev–Trinajstić information content (AvgIpc) is 3.47. The summed E-state index contributed by atoms with van der Waals surface area (Å²) in [6.45, 7) is 1.12. The largest absolute Gasteiger partial charge is 0.493 e. The van der Waals surface area contributed by atoms with Crippen molar-refractivity contribution in [1.29, 1.82) is 0 Å². The summed E-state index contributed by atoms with van der Waals surface area (Å²) in [4.78, 5) is 25.8. The van der Waals surface area contributed by atoms with Gasteiger partial charge in [0.05, 0.1) is 36.6 Å². The van der Waals surface area contributed by atoms with E-state index in [9.17, 15) is 14.7 Å². The van der Waals surface area contributed by atoms with E-state index in [4.69, 9.17) is 9.47 Å². The predicted molar refractivity (Wildman–Crippen MR) is 123 cm³/mol. The van der Waals surface area contributed by atoms with E-state index in [0.29, 0.717) is 50.1 Å². The highest BCUT2D eigenvalue weighted by Crippen LogP contribution is 2.29. The van der Waals surface area contributed by atoms with Crippen molar-refractivity contribution in [2.75, 3.05) is 19.7 Å². The van der Waals surface area contributed by atoms with E-state index in [2.05, 4.69) is 21.0 Å². The molecule has 34 heavy (non-hydrogen) atoms. The zero-order chi connectivity index (χ0) is 23.7. The number of ether oxygens (including phenoxy) is 2. The quantitative estimate of drug-likeness (QED) is 0.475. The molecule has 5 atom stereocenters. The highest BCUT2D eigenvalue weighted by atomic mass is 16.5. The van der Waals surface area contributed by atoms with Crippen molar-refractivity contribution in [3.63, 3.8) is 0 Å². The first kappa shape index (κ1) is 22.8. The van der Waals surface area contributed by atoms with Gasteiger partial charge in [-0.3, -0.25) is 14.3 Å². The monoisotopic (exact) mass is 469 g/mol. The zero-order valence-electron chi connectivity index (χ0n) is 19.2.